The van der Waals surface area contributed by atoms with Crippen molar-refractivity contribution >= 4 is 0 Å². The number of hydrogen-bond acceptors (Lipinski definition) is 1. The fourth-order valence-electron chi connectivity index (χ4n) is 5.61. The molecule has 0 aliphatic heterocycles. The van der Waals surface area contributed by atoms with Crippen LogP contribution in [0.15, 0.2) is 12.2 Å². The van der Waals surface area contributed by atoms with Crippen LogP contribution in [0.4, 0.5) is 0 Å². The molecular weight excluding hydrogens is 410 g/mol. The lowest BCUT2D eigenvalue weighted by Crippen LogP contribution is -2.21. The van der Waals surface area contributed by atoms with Gasteiger partial charge in [0.15, 0.2) is 0 Å². The number of nitrogens with zero attached hydrogens (tertiary/aromatic N) is 1. The Morgan fingerprint density at radius 3 is 1.44 bits per heavy atom. The summed E-state index contributed by atoms with van der Waals surface area (Å²) < 4.78 is 0. The van der Waals surface area contributed by atoms with E-state index in [-0.39, 0.29) is 0 Å². The van der Waals surface area contributed by atoms with E-state index in [1.54, 1.807) is 0 Å². The maximum Gasteiger partial charge on any atom is 0.000356 e. The van der Waals surface area contributed by atoms with Gasteiger partial charge in [-0.15, -0.1) is 0 Å². The van der Waals surface area contributed by atoms with Gasteiger partial charge in [-0.3, -0.25) is 0 Å². The van der Waals surface area contributed by atoms with Crippen molar-refractivity contribution in [2.24, 2.45) is 11.8 Å². The van der Waals surface area contributed by atoms with Crippen molar-refractivity contribution in [2.45, 2.75) is 168 Å². The summed E-state index contributed by atoms with van der Waals surface area (Å²) in [6.45, 7) is 12.7. The Labute approximate surface area is 217 Å². The zero-order valence-corrected chi connectivity index (χ0v) is 24.8. The molecule has 0 amide bonds. The minimum Gasteiger partial charge on any atom is -0.309 e. The molecule has 0 heterocycles. The molecule has 0 saturated heterocycles. The quantitative estimate of drug-likeness (QED) is 0.0839. The minimum absolute atomic E-state index is 0.916. The first kappa shape index (κ1) is 33.7. The molecule has 1 atom stereocenters. The summed E-state index contributed by atoms with van der Waals surface area (Å²) in [7, 11) is 4.48. The summed E-state index contributed by atoms with van der Waals surface area (Å²) in [5, 5.41) is 0. The first-order chi connectivity index (χ1) is 16.5. The molecular formula is C33H67N. The molecule has 0 spiro atoms. The van der Waals surface area contributed by atoms with Gasteiger partial charge in [-0.1, -0.05) is 142 Å². The smallest absolute Gasteiger partial charge is 0.000356 e. The van der Waals surface area contributed by atoms with Gasteiger partial charge < -0.3 is 4.90 Å². The van der Waals surface area contributed by atoms with E-state index in [2.05, 4.69) is 46.3 Å². The standard InChI is InChI=1S/C33H67N/c1-7-10-13-20-27-33(30-34(5)6)28-21-16-14-15-19-23-31(4)24-22-29-32(25-17-11-8-2)26-18-12-9-3/h32-33H,4,7-30H2,1-3,5-6H3. The lowest BCUT2D eigenvalue weighted by molar-refractivity contribution is 0.286. The second-order valence-corrected chi connectivity index (χ2v) is 11.8. The number of hydrogen-bond donors (Lipinski definition) is 0. The third-order valence-electron chi connectivity index (χ3n) is 7.81. The lowest BCUT2D eigenvalue weighted by atomic mass is 9.89. The number of unbranched alkanes of at least 4 members (excludes halogenated alkanes) is 11. The van der Waals surface area contributed by atoms with Gasteiger partial charge in [0.05, 0.1) is 0 Å². The Kier molecular flexibility index (Phi) is 25.6. The van der Waals surface area contributed by atoms with Gasteiger partial charge in [-0.25, -0.2) is 0 Å². The molecule has 0 saturated carbocycles. The third kappa shape index (κ3) is 23.4. The third-order valence-corrected chi connectivity index (χ3v) is 7.81. The van der Waals surface area contributed by atoms with Crippen LogP contribution >= 0.6 is 0 Å². The van der Waals surface area contributed by atoms with Gasteiger partial charge in [0.2, 0.25) is 0 Å². The topological polar surface area (TPSA) is 3.24 Å². The first-order valence-corrected chi connectivity index (χ1v) is 15.8. The SMILES string of the molecule is C=C(CCCCCCCC(CCCCCC)CN(C)C)CCCC(CCCCC)CCCCC. The largest absolute Gasteiger partial charge is 0.309 e. The van der Waals surface area contributed by atoms with Crippen LogP contribution in [0.5, 0.6) is 0 Å². The second-order valence-electron chi connectivity index (χ2n) is 11.8. The Morgan fingerprint density at radius 2 is 0.882 bits per heavy atom. The average Bonchev–Trinajstić information content (AvgIpc) is 2.80. The van der Waals surface area contributed by atoms with Crippen molar-refractivity contribution in [3.05, 3.63) is 12.2 Å². The van der Waals surface area contributed by atoms with Gasteiger partial charge in [0.1, 0.15) is 0 Å². The van der Waals surface area contributed by atoms with Crippen molar-refractivity contribution in [1.82, 2.24) is 4.90 Å². The summed E-state index contributed by atoms with van der Waals surface area (Å²) >= 11 is 0. The number of allylic oxidation sites excluding steroid dienone is 1. The Morgan fingerprint density at radius 1 is 0.500 bits per heavy atom. The Balaban J connectivity index is 3.84. The van der Waals surface area contributed by atoms with Crippen LogP contribution < -0.4 is 0 Å². The van der Waals surface area contributed by atoms with E-state index in [9.17, 15) is 0 Å². The van der Waals surface area contributed by atoms with Crippen LogP contribution in [0.1, 0.15) is 168 Å². The van der Waals surface area contributed by atoms with Crippen LogP contribution in [0.3, 0.4) is 0 Å². The van der Waals surface area contributed by atoms with Crippen molar-refractivity contribution in [3.63, 3.8) is 0 Å². The van der Waals surface area contributed by atoms with E-state index in [1.807, 2.05) is 0 Å². The van der Waals surface area contributed by atoms with Gasteiger partial charge in [-0.05, 0) is 64.5 Å². The number of rotatable bonds is 27. The zero-order valence-electron chi connectivity index (χ0n) is 24.8. The van der Waals surface area contributed by atoms with E-state index in [1.165, 1.54) is 160 Å². The highest BCUT2D eigenvalue weighted by Gasteiger charge is 2.10. The van der Waals surface area contributed by atoms with Crippen LogP contribution in [-0.4, -0.2) is 25.5 Å². The predicted octanol–water partition coefficient (Wildman–Crippen LogP) is 11.4. The van der Waals surface area contributed by atoms with Gasteiger partial charge in [-0.2, -0.15) is 0 Å². The maximum absolute atomic E-state index is 4.42. The van der Waals surface area contributed by atoms with Crippen molar-refractivity contribution in [3.8, 4) is 0 Å². The van der Waals surface area contributed by atoms with Crippen LogP contribution in [0.2, 0.25) is 0 Å². The minimum atomic E-state index is 0.916. The van der Waals surface area contributed by atoms with Gasteiger partial charge in [0, 0.05) is 6.54 Å². The van der Waals surface area contributed by atoms with E-state index >= 15 is 0 Å². The molecule has 204 valence electrons. The molecule has 0 aromatic rings. The predicted molar refractivity (Wildman–Crippen MR) is 158 cm³/mol. The maximum atomic E-state index is 4.42. The van der Waals surface area contributed by atoms with Gasteiger partial charge >= 0.3 is 0 Å². The molecule has 1 unspecified atom stereocenters. The first-order valence-electron chi connectivity index (χ1n) is 15.8. The molecule has 0 N–H and O–H groups in total. The fourth-order valence-corrected chi connectivity index (χ4v) is 5.61. The molecule has 0 bridgehead atoms. The molecule has 0 aliphatic carbocycles. The van der Waals surface area contributed by atoms with Crippen molar-refractivity contribution in [1.29, 1.82) is 0 Å². The normalized spacial score (nSPS) is 12.7. The summed E-state index contributed by atoms with van der Waals surface area (Å²) in [5.41, 5.74) is 1.53. The fraction of sp³-hybridized carbons (Fsp3) is 0.939. The molecule has 1 nitrogen and oxygen atoms in total. The molecule has 0 radical (unpaired) electrons. The summed E-state index contributed by atoms with van der Waals surface area (Å²) in [5.74, 6) is 1.90. The highest BCUT2D eigenvalue weighted by atomic mass is 15.1. The Hall–Kier alpha value is -0.300. The Bertz CT molecular complexity index is 403. The van der Waals surface area contributed by atoms with Crippen LogP contribution in [0, 0.1) is 11.8 Å². The summed E-state index contributed by atoms with van der Waals surface area (Å²) in [4.78, 5) is 2.40. The highest BCUT2D eigenvalue weighted by molar-refractivity contribution is 4.93. The molecule has 0 rings (SSSR count). The summed E-state index contributed by atoms with van der Waals surface area (Å²) in [6.07, 6.45) is 32.4. The van der Waals surface area contributed by atoms with E-state index in [0.29, 0.717) is 0 Å². The van der Waals surface area contributed by atoms with Crippen molar-refractivity contribution in [2.75, 3.05) is 20.6 Å². The van der Waals surface area contributed by atoms with Crippen molar-refractivity contribution < 1.29 is 0 Å². The highest BCUT2D eigenvalue weighted by Crippen LogP contribution is 2.25. The summed E-state index contributed by atoms with van der Waals surface area (Å²) in [6, 6.07) is 0. The van der Waals surface area contributed by atoms with Crippen LogP contribution in [-0.2, 0) is 0 Å². The van der Waals surface area contributed by atoms with E-state index < -0.39 is 0 Å². The van der Waals surface area contributed by atoms with E-state index in [4.69, 9.17) is 0 Å². The van der Waals surface area contributed by atoms with E-state index in [0.717, 1.165) is 11.8 Å². The molecule has 34 heavy (non-hydrogen) atoms. The van der Waals surface area contributed by atoms with Crippen LogP contribution in [0.25, 0.3) is 0 Å². The van der Waals surface area contributed by atoms with Gasteiger partial charge in [0.25, 0.3) is 0 Å². The molecule has 0 fully saturated rings. The molecule has 0 aliphatic rings. The molecule has 0 aromatic carbocycles. The molecule has 0 aromatic heterocycles. The second kappa shape index (κ2) is 25.8. The molecule has 1 heteroatoms. The zero-order chi connectivity index (χ0) is 25.3. The average molecular weight is 478 g/mol. The monoisotopic (exact) mass is 478 g/mol. The lowest BCUT2D eigenvalue weighted by Gasteiger charge is -2.21.